The predicted molar refractivity (Wildman–Crippen MR) is 64.0 cm³/mol. The van der Waals surface area contributed by atoms with E-state index in [0.29, 0.717) is 18.7 Å². The van der Waals surface area contributed by atoms with Gasteiger partial charge in [0.25, 0.3) is 5.91 Å². The van der Waals surface area contributed by atoms with Crippen molar-refractivity contribution in [1.29, 1.82) is 0 Å². The number of carbonyl (C=O) groups is 1. The summed E-state index contributed by atoms with van der Waals surface area (Å²) in [6.07, 6.45) is 0.534. The zero-order valence-corrected chi connectivity index (χ0v) is 9.23. The number of aliphatic hydroxyl groups is 1. The van der Waals surface area contributed by atoms with Crippen molar-refractivity contribution in [3.8, 4) is 5.75 Å². The Morgan fingerprint density at radius 2 is 2.18 bits per heavy atom. The molecule has 0 radical (unpaired) electrons. The molecule has 2 rings (SSSR count). The van der Waals surface area contributed by atoms with Crippen molar-refractivity contribution in [2.45, 2.75) is 6.42 Å². The number of fused-ring (bicyclic) bond motifs is 1. The summed E-state index contributed by atoms with van der Waals surface area (Å²) in [5.41, 5.74) is 1.25. The van der Waals surface area contributed by atoms with Crippen LogP contribution < -0.4 is 5.32 Å². The Bertz CT molecular complexity index is 534. The van der Waals surface area contributed by atoms with Crippen LogP contribution in [0.4, 0.5) is 0 Å². The van der Waals surface area contributed by atoms with E-state index in [4.69, 9.17) is 5.11 Å². The van der Waals surface area contributed by atoms with Gasteiger partial charge in [-0.15, -0.1) is 0 Å². The fraction of sp³-hybridized carbons (Fsp3) is 0.250. The maximum absolute atomic E-state index is 11.7. The monoisotopic (exact) mass is 234 g/mol. The minimum Gasteiger partial charge on any atom is -0.508 e. The molecule has 5 heteroatoms. The highest BCUT2D eigenvalue weighted by molar-refractivity contribution is 5.98. The molecular weight excluding hydrogens is 220 g/mol. The third-order valence-corrected chi connectivity index (χ3v) is 2.47. The van der Waals surface area contributed by atoms with Crippen LogP contribution in [0.1, 0.15) is 16.9 Å². The Balaban J connectivity index is 2.15. The molecule has 1 heterocycles. The van der Waals surface area contributed by atoms with Gasteiger partial charge in [-0.2, -0.15) is 0 Å². The van der Waals surface area contributed by atoms with Crippen LogP contribution in [0.25, 0.3) is 10.9 Å². The van der Waals surface area contributed by atoms with E-state index in [1.807, 2.05) is 0 Å². The smallest absolute Gasteiger partial charge is 0.267 e. The number of aliphatic hydroxyl groups excluding tert-OH is 1. The zero-order valence-electron chi connectivity index (χ0n) is 9.23. The summed E-state index contributed by atoms with van der Waals surface area (Å²) >= 11 is 0. The average molecular weight is 234 g/mol. The fourth-order valence-corrected chi connectivity index (χ4v) is 1.62. The van der Waals surface area contributed by atoms with E-state index in [1.54, 1.807) is 24.3 Å². The van der Waals surface area contributed by atoms with E-state index < -0.39 is 0 Å². The lowest BCUT2D eigenvalue weighted by atomic mass is 10.2. The number of phenols is 1. The number of amides is 1. The molecule has 0 bridgehead atoms. The molecule has 90 valence electrons. The van der Waals surface area contributed by atoms with Crippen LogP contribution in [0.15, 0.2) is 24.3 Å². The number of hydrogen-bond acceptors (Lipinski definition) is 3. The Morgan fingerprint density at radius 3 is 2.94 bits per heavy atom. The topological polar surface area (TPSA) is 85.3 Å². The first kappa shape index (κ1) is 11.5. The lowest BCUT2D eigenvalue weighted by Crippen LogP contribution is -2.25. The molecule has 0 aliphatic heterocycles. The van der Waals surface area contributed by atoms with Crippen LogP contribution in [0.2, 0.25) is 0 Å². The predicted octanol–water partition coefficient (Wildman–Crippen LogP) is 0.986. The number of aromatic hydroxyl groups is 1. The third-order valence-electron chi connectivity index (χ3n) is 2.47. The van der Waals surface area contributed by atoms with Gasteiger partial charge in [0.15, 0.2) is 0 Å². The maximum Gasteiger partial charge on any atom is 0.267 e. The van der Waals surface area contributed by atoms with Gasteiger partial charge >= 0.3 is 0 Å². The molecule has 5 nitrogen and oxygen atoms in total. The highest BCUT2D eigenvalue weighted by Gasteiger charge is 2.08. The minimum absolute atomic E-state index is 0.0564. The molecule has 0 atom stereocenters. The van der Waals surface area contributed by atoms with Crippen molar-refractivity contribution in [3.05, 3.63) is 30.0 Å². The first-order valence-corrected chi connectivity index (χ1v) is 5.41. The van der Waals surface area contributed by atoms with Crippen molar-refractivity contribution < 1.29 is 15.0 Å². The van der Waals surface area contributed by atoms with E-state index in [-0.39, 0.29) is 18.3 Å². The van der Waals surface area contributed by atoms with Crippen molar-refractivity contribution in [2.24, 2.45) is 0 Å². The molecule has 0 spiro atoms. The van der Waals surface area contributed by atoms with Crippen molar-refractivity contribution in [2.75, 3.05) is 13.2 Å². The zero-order chi connectivity index (χ0) is 12.3. The standard InChI is InChI=1S/C12H14N2O3/c15-5-1-4-13-12(17)11-7-8-6-9(16)2-3-10(8)14-11/h2-3,6-7,14-16H,1,4-5H2,(H,13,17). The first-order chi connectivity index (χ1) is 8.20. The highest BCUT2D eigenvalue weighted by atomic mass is 16.3. The van der Waals surface area contributed by atoms with E-state index >= 15 is 0 Å². The van der Waals surface area contributed by atoms with Gasteiger partial charge in [-0.1, -0.05) is 0 Å². The second-order valence-electron chi connectivity index (χ2n) is 3.79. The number of H-pyrrole nitrogens is 1. The molecule has 2 aromatic rings. The number of rotatable bonds is 4. The summed E-state index contributed by atoms with van der Waals surface area (Å²) < 4.78 is 0. The molecule has 0 saturated heterocycles. The lowest BCUT2D eigenvalue weighted by molar-refractivity contribution is 0.0947. The van der Waals surface area contributed by atoms with Gasteiger partial charge in [-0.05, 0) is 30.7 Å². The summed E-state index contributed by atoms with van der Waals surface area (Å²) in [5.74, 6) is -0.0436. The Hall–Kier alpha value is -2.01. The molecule has 17 heavy (non-hydrogen) atoms. The van der Waals surface area contributed by atoms with Crippen LogP contribution in [0.3, 0.4) is 0 Å². The van der Waals surface area contributed by atoms with E-state index in [9.17, 15) is 9.90 Å². The fourth-order valence-electron chi connectivity index (χ4n) is 1.62. The van der Waals surface area contributed by atoms with Crippen molar-refractivity contribution in [3.63, 3.8) is 0 Å². The van der Waals surface area contributed by atoms with Gasteiger partial charge in [-0.25, -0.2) is 0 Å². The Labute approximate surface area is 98.1 Å². The van der Waals surface area contributed by atoms with Gasteiger partial charge in [0.05, 0.1) is 0 Å². The van der Waals surface area contributed by atoms with Gasteiger partial charge in [0.1, 0.15) is 11.4 Å². The number of benzene rings is 1. The van der Waals surface area contributed by atoms with Crippen molar-refractivity contribution >= 4 is 16.8 Å². The third kappa shape index (κ3) is 2.57. The Kier molecular flexibility index (Phi) is 3.30. The van der Waals surface area contributed by atoms with Crippen LogP contribution in [0.5, 0.6) is 5.75 Å². The van der Waals surface area contributed by atoms with Crippen LogP contribution in [0, 0.1) is 0 Å². The van der Waals surface area contributed by atoms with E-state index in [2.05, 4.69) is 10.3 Å². The molecule has 1 aromatic carbocycles. The average Bonchev–Trinajstić information content (AvgIpc) is 2.72. The molecule has 0 aliphatic carbocycles. The van der Waals surface area contributed by atoms with Crippen LogP contribution in [-0.2, 0) is 0 Å². The lowest BCUT2D eigenvalue weighted by Gasteiger charge is -2.00. The molecule has 0 saturated carbocycles. The summed E-state index contributed by atoms with van der Waals surface area (Å²) in [6.45, 7) is 0.497. The summed E-state index contributed by atoms with van der Waals surface area (Å²) in [6, 6.07) is 6.56. The van der Waals surface area contributed by atoms with Crippen LogP contribution >= 0.6 is 0 Å². The summed E-state index contributed by atoms with van der Waals surface area (Å²) in [4.78, 5) is 14.7. The molecule has 1 amide bonds. The molecule has 0 aliphatic rings. The van der Waals surface area contributed by atoms with E-state index in [0.717, 1.165) is 10.9 Å². The SMILES string of the molecule is O=C(NCCCO)c1cc2cc(O)ccc2[nH]1. The normalized spacial score (nSPS) is 10.6. The molecule has 4 N–H and O–H groups in total. The number of phenolic OH excluding ortho intramolecular Hbond substituents is 1. The number of aromatic nitrogens is 1. The van der Waals surface area contributed by atoms with Gasteiger partial charge in [0.2, 0.25) is 0 Å². The van der Waals surface area contributed by atoms with Gasteiger partial charge in [-0.3, -0.25) is 4.79 Å². The second kappa shape index (κ2) is 4.88. The summed E-state index contributed by atoms with van der Waals surface area (Å²) in [5, 5.41) is 21.4. The number of nitrogens with one attached hydrogen (secondary N) is 2. The maximum atomic E-state index is 11.7. The Morgan fingerprint density at radius 1 is 1.35 bits per heavy atom. The number of carbonyl (C=O) groups excluding carboxylic acids is 1. The second-order valence-corrected chi connectivity index (χ2v) is 3.79. The molecule has 0 fully saturated rings. The van der Waals surface area contributed by atoms with Gasteiger partial charge in [0, 0.05) is 24.1 Å². The van der Waals surface area contributed by atoms with Gasteiger partial charge < -0.3 is 20.5 Å². The summed E-state index contributed by atoms with van der Waals surface area (Å²) in [7, 11) is 0. The van der Waals surface area contributed by atoms with Crippen molar-refractivity contribution in [1.82, 2.24) is 10.3 Å². The quantitative estimate of drug-likeness (QED) is 0.595. The number of hydrogen-bond donors (Lipinski definition) is 4. The highest BCUT2D eigenvalue weighted by Crippen LogP contribution is 2.20. The van der Waals surface area contributed by atoms with E-state index in [1.165, 1.54) is 0 Å². The largest absolute Gasteiger partial charge is 0.508 e. The number of aromatic amines is 1. The molecule has 0 unspecified atom stereocenters. The first-order valence-electron chi connectivity index (χ1n) is 5.41. The minimum atomic E-state index is -0.214. The molecule has 1 aromatic heterocycles. The molecular formula is C12H14N2O3. The van der Waals surface area contributed by atoms with Crippen LogP contribution in [-0.4, -0.2) is 34.3 Å².